The summed E-state index contributed by atoms with van der Waals surface area (Å²) in [5.74, 6) is -4.83. The van der Waals surface area contributed by atoms with Gasteiger partial charge < -0.3 is 49.1 Å². The van der Waals surface area contributed by atoms with Crippen LogP contribution in [0.3, 0.4) is 0 Å². The van der Waals surface area contributed by atoms with E-state index in [-0.39, 0.29) is 31.8 Å². The molecule has 15 heteroatoms. The van der Waals surface area contributed by atoms with Gasteiger partial charge in [-0.3, -0.25) is 24.2 Å². The SMILES string of the molecule is NCCCCC(N)C(=O)NC(CCC(=O)O)C(=O)NCC(=O)NC(CCCN=C(N)N)C(=O)O. The van der Waals surface area contributed by atoms with E-state index in [4.69, 9.17) is 28.0 Å². The molecule has 0 rings (SSSR count). The summed E-state index contributed by atoms with van der Waals surface area (Å²) in [5.41, 5.74) is 21.6. The number of carboxylic acid groups (broad SMARTS) is 2. The van der Waals surface area contributed by atoms with Crippen LogP contribution < -0.4 is 38.9 Å². The molecule has 0 aromatic heterocycles. The fourth-order valence-electron chi connectivity index (χ4n) is 2.75. The number of carboxylic acids is 2. The van der Waals surface area contributed by atoms with Crippen molar-refractivity contribution in [2.75, 3.05) is 19.6 Å². The van der Waals surface area contributed by atoms with Crippen LogP contribution in [0.1, 0.15) is 44.9 Å². The van der Waals surface area contributed by atoms with Gasteiger partial charge in [0.25, 0.3) is 0 Å². The maximum absolute atomic E-state index is 12.5. The third kappa shape index (κ3) is 14.6. The van der Waals surface area contributed by atoms with Crippen molar-refractivity contribution in [2.45, 2.75) is 63.1 Å². The molecule has 0 aliphatic rings. The third-order valence-electron chi connectivity index (χ3n) is 4.59. The first kappa shape index (κ1) is 30.5. The van der Waals surface area contributed by atoms with E-state index in [1.54, 1.807) is 0 Å². The van der Waals surface area contributed by atoms with Crippen LogP contribution in [0.4, 0.5) is 0 Å². The predicted molar refractivity (Wildman–Crippen MR) is 122 cm³/mol. The normalized spacial score (nSPS) is 13.1. The van der Waals surface area contributed by atoms with Gasteiger partial charge in [0.05, 0.1) is 12.6 Å². The van der Waals surface area contributed by atoms with E-state index < -0.39 is 60.8 Å². The monoisotopic (exact) mass is 488 g/mol. The standard InChI is InChI=1S/C19H36N8O7/c20-8-2-1-4-11(21)16(31)27-12(6-7-15(29)30)17(32)25-10-14(28)26-13(18(33)34)5-3-9-24-19(22)23/h11-13H,1-10,20-21H2,(H,25,32)(H,26,28)(H,27,31)(H,29,30)(H,33,34)(H4,22,23,24). The fraction of sp³-hybridized carbons (Fsp3) is 0.684. The minimum Gasteiger partial charge on any atom is -0.481 e. The van der Waals surface area contributed by atoms with Gasteiger partial charge in [0.2, 0.25) is 17.7 Å². The maximum atomic E-state index is 12.5. The molecule has 0 fully saturated rings. The molecule has 0 bridgehead atoms. The van der Waals surface area contributed by atoms with Gasteiger partial charge in [-0.25, -0.2) is 4.79 Å². The number of carbonyl (C=O) groups is 5. The van der Waals surface area contributed by atoms with Crippen molar-refractivity contribution in [1.82, 2.24) is 16.0 Å². The minimum absolute atomic E-state index is 0.0468. The molecule has 0 aromatic rings. The highest BCUT2D eigenvalue weighted by Crippen LogP contribution is 2.03. The summed E-state index contributed by atoms with van der Waals surface area (Å²) in [7, 11) is 0. The number of rotatable bonds is 18. The van der Waals surface area contributed by atoms with Crippen LogP contribution in [0.5, 0.6) is 0 Å². The van der Waals surface area contributed by atoms with Crippen molar-refractivity contribution in [3.63, 3.8) is 0 Å². The van der Waals surface area contributed by atoms with Gasteiger partial charge in [-0.1, -0.05) is 6.42 Å². The van der Waals surface area contributed by atoms with Crippen molar-refractivity contribution < 1.29 is 34.2 Å². The first-order chi connectivity index (χ1) is 16.0. The zero-order chi connectivity index (χ0) is 26.1. The average molecular weight is 489 g/mol. The molecular weight excluding hydrogens is 452 g/mol. The van der Waals surface area contributed by atoms with E-state index in [0.29, 0.717) is 25.8 Å². The molecule has 34 heavy (non-hydrogen) atoms. The molecule has 0 spiro atoms. The van der Waals surface area contributed by atoms with E-state index in [1.807, 2.05) is 0 Å². The van der Waals surface area contributed by atoms with Crippen LogP contribution in [0.25, 0.3) is 0 Å². The van der Waals surface area contributed by atoms with Crippen molar-refractivity contribution in [3.05, 3.63) is 0 Å². The second kappa shape index (κ2) is 17.1. The quantitative estimate of drug-likeness (QED) is 0.0519. The number of nitrogens with one attached hydrogen (secondary N) is 3. The highest BCUT2D eigenvalue weighted by molar-refractivity contribution is 5.92. The van der Waals surface area contributed by atoms with Crippen LogP contribution in [0.15, 0.2) is 4.99 Å². The maximum Gasteiger partial charge on any atom is 0.326 e. The molecule has 0 heterocycles. The number of unbranched alkanes of at least 4 members (excludes halogenated alkanes) is 1. The lowest BCUT2D eigenvalue weighted by molar-refractivity contribution is -0.142. The van der Waals surface area contributed by atoms with Crippen molar-refractivity contribution in [2.24, 2.45) is 27.9 Å². The molecule has 13 N–H and O–H groups in total. The second-order valence-electron chi connectivity index (χ2n) is 7.51. The van der Waals surface area contributed by atoms with E-state index in [9.17, 15) is 29.1 Å². The number of nitrogens with zero attached hydrogens (tertiary/aromatic N) is 1. The summed E-state index contributed by atoms with van der Waals surface area (Å²) in [5, 5.41) is 25.1. The predicted octanol–water partition coefficient (Wildman–Crippen LogP) is -3.47. The summed E-state index contributed by atoms with van der Waals surface area (Å²) in [6.07, 6.45) is 1.30. The van der Waals surface area contributed by atoms with Gasteiger partial charge in [-0.05, 0) is 38.6 Å². The lowest BCUT2D eigenvalue weighted by atomic mass is 10.1. The molecule has 194 valence electrons. The Hall–Kier alpha value is -3.46. The Labute approximate surface area is 197 Å². The van der Waals surface area contributed by atoms with Crippen LogP contribution in [0, 0.1) is 0 Å². The van der Waals surface area contributed by atoms with Crippen molar-refractivity contribution >= 4 is 35.6 Å². The smallest absolute Gasteiger partial charge is 0.326 e. The molecular formula is C19H36N8O7. The second-order valence-corrected chi connectivity index (χ2v) is 7.51. The van der Waals surface area contributed by atoms with Gasteiger partial charge >= 0.3 is 11.9 Å². The number of aliphatic imine (C=N–C) groups is 1. The molecule has 0 saturated carbocycles. The Balaban J connectivity index is 4.84. The number of hydrogen-bond donors (Lipinski definition) is 9. The lowest BCUT2D eigenvalue weighted by Gasteiger charge is -2.20. The molecule has 3 unspecified atom stereocenters. The Bertz CT molecular complexity index is 727. The summed E-state index contributed by atoms with van der Waals surface area (Å²) >= 11 is 0. The van der Waals surface area contributed by atoms with E-state index >= 15 is 0 Å². The van der Waals surface area contributed by atoms with Crippen LogP contribution >= 0.6 is 0 Å². The summed E-state index contributed by atoms with van der Waals surface area (Å²) < 4.78 is 0. The minimum atomic E-state index is -1.28. The van der Waals surface area contributed by atoms with Crippen molar-refractivity contribution in [3.8, 4) is 0 Å². The number of aliphatic carboxylic acids is 2. The molecule has 0 aliphatic carbocycles. The summed E-state index contributed by atoms with van der Waals surface area (Å²) in [6.45, 7) is 0.0373. The zero-order valence-electron chi connectivity index (χ0n) is 19.0. The Kier molecular flexibility index (Phi) is 15.3. The number of hydrogen-bond acceptors (Lipinski definition) is 8. The fourth-order valence-corrected chi connectivity index (χ4v) is 2.75. The van der Waals surface area contributed by atoms with Crippen LogP contribution in [0.2, 0.25) is 0 Å². The molecule has 0 aromatic carbocycles. The Morgan fingerprint density at radius 3 is 2.09 bits per heavy atom. The first-order valence-electron chi connectivity index (χ1n) is 10.8. The number of carbonyl (C=O) groups excluding carboxylic acids is 3. The topological polar surface area (TPSA) is 278 Å². The van der Waals surface area contributed by atoms with E-state index in [0.717, 1.165) is 0 Å². The third-order valence-corrected chi connectivity index (χ3v) is 4.59. The summed E-state index contributed by atoms with van der Waals surface area (Å²) in [4.78, 5) is 62.8. The molecule has 3 atom stereocenters. The number of amides is 3. The Morgan fingerprint density at radius 1 is 0.853 bits per heavy atom. The largest absolute Gasteiger partial charge is 0.481 e. The van der Waals surface area contributed by atoms with Gasteiger partial charge in [0.15, 0.2) is 5.96 Å². The molecule has 0 aliphatic heterocycles. The first-order valence-corrected chi connectivity index (χ1v) is 10.8. The summed E-state index contributed by atoms with van der Waals surface area (Å²) in [6, 6.07) is -3.38. The van der Waals surface area contributed by atoms with Gasteiger partial charge in [-0.2, -0.15) is 0 Å². The van der Waals surface area contributed by atoms with Gasteiger partial charge in [0.1, 0.15) is 12.1 Å². The Morgan fingerprint density at radius 2 is 1.53 bits per heavy atom. The van der Waals surface area contributed by atoms with E-state index in [1.165, 1.54) is 0 Å². The number of guanidine groups is 1. The highest BCUT2D eigenvalue weighted by Gasteiger charge is 2.25. The lowest BCUT2D eigenvalue weighted by Crippen LogP contribution is -2.53. The zero-order valence-corrected chi connectivity index (χ0v) is 19.0. The van der Waals surface area contributed by atoms with E-state index in [2.05, 4.69) is 20.9 Å². The molecule has 3 amide bonds. The van der Waals surface area contributed by atoms with Crippen LogP contribution in [-0.2, 0) is 24.0 Å². The molecule has 15 nitrogen and oxygen atoms in total. The van der Waals surface area contributed by atoms with Crippen LogP contribution in [-0.4, -0.2) is 83.6 Å². The highest BCUT2D eigenvalue weighted by atomic mass is 16.4. The molecule has 0 radical (unpaired) electrons. The van der Waals surface area contributed by atoms with Gasteiger partial charge in [0, 0.05) is 13.0 Å². The molecule has 0 saturated heterocycles. The number of nitrogens with two attached hydrogens (primary N) is 4. The average Bonchev–Trinajstić information content (AvgIpc) is 2.76. The van der Waals surface area contributed by atoms with Gasteiger partial charge in [-0.15, -0.1) is 0 Å². The van der Waals surface area contributed by atoms with Crippen molar-refractivity contribution in [1.29, 1.82) is 0 Å².